The second-order valence-electron chi connectivity index (χ2n) is 4.73. The van der Waals surface area contributed by atoms with Gasteiger partial charge in [-0.1, -0.05) is 0 Å². The summed E-state index contributed by atoms with van der Waals surface area (Å²) < 4.78 is 6.02. The van der Waals surface area contributed by atoms with Crippen molar-refractivity contribution in [3.8, 4) is 5.75 Å². The molecule has 0 saturated heterocycles. The van der Waals surface area contributed by atoms with Crippen LogP contribution in [0.15, 0.2) is 33.2 Å². The van der Waals surface area contributed by atoms with Gasteiger partial charge >= 0.3 is 0 Å². The van der Waals surface area contributed by atoms with Gasteiger partial charge in [-0.3, -0.25) is 4.79 Å². The Morgan fingerprint density at radius 3 is 2.60 bits per heavy atom. The van der Waals surface area contributed by atoms with E-state index < -0.39 is 0 Å². The average Bonchev–Trinajstić information content (AvgIpc) is 2.71. The van der Waals surface area contributed by atoms with Crippen LogP contribution in [0.3, 0.4) is 0 Å². The Kier molecular flexibility index (Phi) is 4.18. The number of amides is 1. The molecule has 0 fully saturated rings. The van der Waals surface area contributed by atoms with Crippen LogP contribution in [0.5, 0.6) is 5.75 Å². The summed E-state index contributed by atoms with van der Waals surface area (Å²) in [5.41, 5.74) is 1.37. The summed E-state index contributed by atoms with van der Waals surface area (Å²) in [6.45, 7) is 5.64. The molecule has 2 aromatic rings. The molecule has 1 aromatic heterocycles. The first-order valence-corrected chi connectivity index (χ1v) is 7.04. The quantitative estimate of drug-likeness (QED) is 0.893. The second-order valence-corrected chi connectivity index (χ2v) is 5.58. The Labute approximate surface area is 125 Å². The predicted octanol–water partition coefficient (Wildman–Crippen LogP) is 3.86. The molecule has 0 spiro atoms. The summed E-state index contributed by atoms with van der Waals surface area (Å²) in [4.78, 5) is 12.1. The lowest BCUT2D eigenvalue weighted by molar-refractivity contribution is 0.0939. The molecule has 0 aliphatic carbocycles. The van der Waals surface area contributed by atoms with Crippen molar-refractivity contribution in [2.24, 2.45) is 0 Å². The fraction of sp³-hybridized carbons (Fsp3) is 0.267. The van der Waals surface area contributed by atoms with E-state index in [1.54, 1.807) is 12.1 Å². The minimum absolute atomic E-state index is 0.0423. The third-order valence-corrected chi connectivity index (χ3v) is 3.77. The van der Waals surface area contributed by atoms with Gasteiger partial charge in [-0.25, -0.2) is 0 Å². The molecule has 1 unspecified atom stereocenters. The van der Waals surface area contributed by atoms with E-state index in [1.165, 1.54) is 6.07 Å². The molecule has 0 bridgehead atoms. The molecule has 1 heterocycles. The lowest BCUT2D eigenvalue weighted by atomic mass is 10.1. The van der Waals surface area contributed by atoms with Crippen LogP contribution in [-0.2, 0) is 0 Å². The number of aromatic hydroxyl groups is 1. The minimum Gasteiger partial charge on any atom is -0.507 e. The number of halogens is 1. The molecule has 1 atom stereocenters. The fourth-order valence-corrected chi connectivity index (χ4v) is 2.34. The van der Waals surface area contributed by atoms with Gasteiger partial charge in [-0.05, 0) is 61.0 Å². The molecule has 2 rings (SSSR count). The van der Waals surface area contributed by atoms with Gasteiger partial charge < -0.3 is 14.8 Å². The highest BCUT2D eigenvalue weighted by molar-refractivity contribution is 9.10. The Balaban J connectivity index is 2.15. The van der Waals surface area contributed by atoms with Crippen LogP contribution in [0, 0.1) is 13.8 Å². The second kappa shape index (κ2) is 5.71. The van der Waals surface area contributed by atoms with Gasteiger partial charge in [0.25, 0.3) is 5.91 Å². The Bertz CT molecular complexity index is 649. The largest absolute Gasteiger partial charge is 0.507 e. The number of benzene rings is 1. The van der Waals surface area contributed by atoms with Crippen molar-refractivity contribution in [3.05, 3.63) is 51.4 Å². The van der Waals surface area contributed by atoms with Crippen LogP contribution in [0.2, 0.25) is 0 Å². The van der Waals surface area contributed by atoms with Crippen molar-refractivity contribution in [3.63, 3.8) is 0 Å². The number of rotatable bonds is 3. The molecule has 0 radical (unpaired) electrons. The van der Waals surface area contributed by atoms with E-state index in [-0.39, 0.29) is 17.7 Å². The first-order chi connectivity index (χ1) is 9.38. The van der Waals surface area contributed by atoms with Crippen LogP contribution in [-0.4, -0.2) is 11.0 Å². The molecule has 2 N–H and O–H groups in total. The molecular weight excluding hydrogens is 322 g/mol. The smallest absolute Gasteiger partial charge is 0.251 e. The number of hydrogen-bond donors (Lipinski definition) is 2. The Morgan fingerprint density at radius 2 is 2.05 bits per heavy atom. The molecule has 0 aliphatic rings. The molecule has 0 aliphatic heterocycles. The number of carbonyl (C=O) groups excluding carboxylic acids is 1. The first-order valence-electron chi connectivity index (χ1n) is 6.25. The Morgan fingerprint density at radius 1 is 1.35 bits per heavy atom. The Hall–Kier alpha value is -1.75. The number of nitrogens with one attached hydrogen (secondary N) is 1. The number of carbonyl (C=O) groups is 1. The number of hydrogen-bond acceptors (Lipinski definition) is 3. The standard InChI is InChI=1S/C15H16BrNO3/c1-8-6-12(10(3)20-8)9(2)17-15(19)11-4-5-13(16)14(18)7-11/h4-7,9,18H,1-3H3,(H,17,19). The zero-order valence-corrected chi connectivity index (χ0v) is 13.1. The molecule has 0 saturated carbocycles. The van der Waals surface area contributed by atoms with E-state index in [1.807, 2.05) is 26.8 Å². The maximum absolute atomic E-state index is 12.1. The zero-order chi connectivity index (χ0) is 14.9. The van der Waals surface area contributed by atoms with Crippen LogP contribution < -0.4 is 5.32 Å². The summed E-state index contributed by atoms with van der Waals surface area (Å²) in [7, 11) is 0. The molecule has 20 heavy (non-hydrogen) atoms. The lowest BCUT2D eigenvalue weighted by Gasteiger charge is -2.13. The van der Waals surface area contributed by atoms with E-state index in [4.69, 9.17) is 4.42 Å². The van der Waals surface area contributed by atoms with E-state index in [9.17, 15) is 9.90 Å². The van der Waals surface area contributed by atoms with Gasteiger partial charge in [-0.15, -0.1) is 0 Å². The topological polar surface area (TPSA) is 62.5 Å². The van der Waals surface area contributed by atoms with E-state index in [0.29, 0.717) is 10.0 Å². The van der Waals surface area contributed by atoms with Crippen molar-refractivity contribution in [1.82, 2.24) is 5.32 Å². The predicted molar refractivity (Wildman–Crippen MR) is 79.9 cm³/mol. The van der Waals surface area contributed by atoms with Gasteiger partial charge in [-0.2, -0.15) is 0 Å². The number of phenols is 1. The molecule has 106 valence electrons. The number of furan rings is 1. The van der Waals surface area contributed by atoms with Gasteiger partial charge in [0.2, 0.25) is 0 Å². The molecule has 1 amide bonds. The molecule has 4 nitrogen and oxygen atoms in total. The SMILES string of the molecule is Cc1cc(C(C)NC(=O)c2ccc(Br)c(O)c2)c(C)o1. The third-order valence-electron chi connectivity index (χ3n) is 3.10. The summed E-state index contributed by atoms with van der Waals surface area (Å²) in [5.74, 6) is 1.42. The molecule has 5 heteroatoms. The van der Waals surface area contributed by atoms with E-state index in [2.05, 4.69) is 21.2 Å². The maximum Gasteiger partial charge on any atom is 0.251 e. The van der Waals surface area contributed by atoms with Crippen molar-refractivity contribution in [2.45, 2.75) is 26.8 Å². The average molecular weight is 338 g/mol. The highest BCUT2D eigenvalue weighted by Crippen LogP contribution is 2.25. The van der Waals surface area contributed by atoms with Crippen LogP contribution in [0.4, 0.5) is 0 Å². The maximum atomic E-state index is 12.1. The highest BCUT2D eigenvalue weighted by Gasteiger charge is 2.16. The monoisotopic (exact) mass is 337 g/mol. The van der Waals surface area contributed by atoms with Crippen molar-refractivity contribution in [2.75, 3.05) is 0 Å². The van der Waals surface area contributed by atoms with Crippen LogP contribution in [0.25, 0.3) is 0 Å². The number of phenolic OH excluding ortho intramolecular Hbond substituents is 1. The van der Waals surface area contributed by atoms with Gasteiger partial charge in [0, 0.05) is 11.1 Å². The van der Waals surface area contributed by atoms with Gasteiger partial charge in [0.15, 0.2) is 0 Å². The molecular formula is C15H16BrNO3. The summed E-state index contributed by atoms with van der Waals surface area (Å²) >= 11 is 3.18. The van der Waals surface area contributed by atoms with Crippen molar-refractivity contribution < 1.29 is 14.3 Å². The lowest BCUT2D eigenvalue weighted by Crippen LogP contribution is -2.26. The van der Waals surface area contributed by atoms with Crippen LogP contribution >= 0.6 is 15.9 Å². The fourth-order valence-electron chi connectivity index (χ4n) is 2.09. The van der Waals surface area contributed by atoms with Crippen molar-refractivity contribution >= 4 is 21.8 Å². The summed E-state index contributed by atoms with van der Waals surface area (Å²) in [5, 5.41) is 12.5. The highest BCUT2D eigenvalue weighted by atomic mass is 79.9. The molecule has 1 aromatic carbocycles. The third kappa shape index (κ3) is 3.04. The zero-order valence-electron chi connectivity index (χ0n) is 11.5. The van der Waals surface area contributed by atoms with Gasteiger partial charge in [0.1, 0.15) is 17.3 Å². The van der Waals surface area contributed by atoms with Crippen molar-refractivity contribution in [1.29, 1.82) is 0 Å². The summed E-state index contributed by atoms with van der Waals surface area (Å²) in [6.07, 6.45) is 0. The van der Waals surface area contributed by atoms with Crippen LogP contribution in [0.1, 0.15) is 40.4 Å². The van der Waals surface area contributed by atoms with E-state index in [0.717, 1.165) is 17.1 Å². The summed E-state index contributed by atoms with van der Waals surface area (Å²) in [6, 6.07) is 6.48. The van der Waals surface area contributed by atoms with E-state index >= 15 is 0 Å². The first kappa shape index (κ1) is 14.7. The minimum atomic E-state index is -0.237. The normalized spacial score (nSPS) is 12.2. The number of aryl methyl sites for hydroxylation is 2. The van der Waals surface area contributed by atoms with Gasteiger partial charge in [0.05, 0.1) is 10.5 Å².